The molecule has 0 heteroatoms. The van der Waals surface area contributed by atoms with Crippen molar-refractivity contribution in [1.82, 2.24) is 0 Å². The number of hydrogen-bond donors (Lipinski definition) is 0. The van der Waals surface area contributed by atoms with Gasteiger partial charge in [0, 0.05) is 0 Å². The van der Waals surface area contributed by atoms with Gasteiger partial charge in [-0.1, -0.05) is 132 Å². The van der Waals surface area contributed by atoms with Crippen LogP contribution in [0, 0.1) is 6.58 Å². The van der Waals surface area contributed by atoms with Crippen LogP contribution in [0.5, 0.6) is 0 Å². The summed E-state index contributed by atoms with van der Waals surface area (Å²) < 4.78 is 0. The van der Waals surface area contributed by atoms with E-state index in [2.05, 4.69) is 25.2 Å². The van der Waals surface area contributed by atoms with Crippen molar-refractivity contribution in [1.29, 1.82) is 0 Å². The van der Waals surface area contributed by atoms with Crippen LogP contribution >= 0.6 is 0 Å². The molecule has 0 aliphatic heterocycles. The second kappa shape index (κ2) is 20.7. The van der Waals surface area contributed by atoms with Crippen LogP contribution in [0.1, 0.15) is 84.0 Å². The minimum atomic E-state index is 1.20. The van der Waals surface area contributed by atoms with E-state index in [1.807, 2.05) is 30.4 Å². The Morgan fingerprint density at radius 2 is 0.957 bits per heavy atom. The quantitative estimate of drug-likeness (QED) is 0.201. The Morgan fingerprint density at radius 1 is 0.522 bits per heavy atom. The van der Waals surface area contributed by atoms with Gasteiger partial charge in [0.25, 0.3) is 0 Å². The van der Waals surface area contributed by atoms with Crippen molar-refractivity contribution in [3.8, 4) is 0 Å². The minimum absolute atomic E-state index is 1.20. The van der Waals surface area contributed by atoms with E-state index in [4.69, 9.17) is 6.58 Å². The molecular weight excluding hydrogens is 276 g/mol. The van der Waals surface area contributed by atoms with Gasteiger partial charge in [0.1, 0.15) is 0 Å². The van der Waals surface area contributed by atoms with E-state index in [1.165, 1.54) is 83.1 Å². The maximum absolute atomic E-state index is 5.23. The van der Waals surface area contributed by atoms with Gasteiger partial charge in [-0.2, -0.15) is 0 Å². The van der Waals surface area contributed by atoms with Gasteiger partial charge in [0.15, 0.2) is 0 Å². The smallest absolute Gasteiger partial charge is 0.0348 e. The Hall–Kier alpha value is -1.30. The summed E-state index contributed by atoms with van der Waals surface area (Å²) in [5.41, 5.74) is 0. The van der Waals surface area contributed by atoms with Crippen LogP contribution < -0.4 is 0 Å². The van der Waals surface area contributed by atoms with Crippen molar-refractivity contribution in [2.45, 2.75) is 84.0 Å². The third-order valence-corrected chi connectivity index (χ3v) is 3.89. The summed E-state index contributed by atoms with van der Waals surface area (Å²) in [5, 5.41) is 0. The molecule has 0 aromatic carbocycles. The van der Waals surface area contributed by atoms with Crippen LogP contribution in [0.4, 0.5) is 0 Å². The molecule has 0 aromatic rings. The third-order valence-electron chi connectivity index (χ3n) is 3.89. The predicted octanol–water partition coefficient (Wildman–Crippen LogP) is 7.90. The monoisotopic (exact) mass is 313 g/mol. The highest BCUT2D eigenvalue weighted by atomic mass is 14.0. The lowest BCUT2D eigenvalue weighted by molar-refractivity contribution is 0.550. The second-order valence-electron chi connectivity index (χ2n) is 6.10. The molecule has 1 radical (unpaired) electrons. The van der Waals surface area contributed by atoms with Crippen LogP contribution in [-0.4, -0.2) is 0 Å². The molecule has 0 unspecified atom stereocenters. The normalized spacial score (nSPS) is 12.4. The van der Waals surface area contributed by atoms with Gasteiger partial charge in [-0.3, -0.25) is 0 Å². The molecular formula is C23H37. The standard InChI is InChI=1S/C23H37/c1-3-5-7-9-11-13-15-17-19-21-23-22-20-18-16-14-12-10-8-6-4-2/h1,3,5,7,9,11,13,15,17,19H,4,6,8,10,12,14,16,18,20-23H2,2H3/b3-1?,7-5+,11-9+,15-13+,19-17+. The highest BCUT2D eigenvalue weighted by molar-refractivity contribution is 5.16. The number of hydrogen-bond acceptors (Lipinski definition) is 0. The van der Waals surface area contributed by atoms with Crippen molar-refractivity contribution in [3.05, 3.63) is 61.3 Å². The van der Waals surface area contributed by atoms with Crippen molar-refractivity contribution >= 4 is 0 Å². The molecule has 0 N–H and O–H groups in total. The average molecular weight is 314 g/mol. The van der Waals surface area contributed by atoms with Crippen LogP contribution in [0.15, 0.2) is 54.7 Å². The zero-order valence-corrected chi connectivity index (χ0v) is 15.3. The first-order valence-electron chi connectivity index (χ1n) is 9.62. The Bertz CT molecular complexity index is 341. The molecule has 0 aliphatic carbocycles. The minimum Gasteiger partial charge on any atom is -0.0845 e. The van der Waals surface area contributed by atoms with Crippen molar-refractivity contribution < 1.29 is 0 Å². The van der Waals surface area contributed by atoms with E-state index in [-0.39, 0.29) is 0 Å². The van der Waals surface area contributed by atoms with Crippen LogP contribution in [-0.2, 0) is 0 Å². The molecule has 0 aliphatic rings. The fourth-order valence-corrected chi connectivity index (χ4v) is 2.49. The zero-order chi connectivity index (χ0) is 16.8. The number of rotatable bonds is 16. The van der Waals surface area contributed by atoms with Gasteiger partial charge in [0.05, 0.1) is 0 Å². The maximum Gasteiger partial charge on any atom is -0.0348 e. The topological polar surface area (TPSA) is 0 Å². The molecule has 0 saturated heterocycles. The SMILES string of the molecule is [CH]=C/C=C/C=C/C=C/C=C/CCCCCCCCCCCCC. The fourth-order valence-electron chi connectivity index (χ4n) is 2.49. The average Bonchev–Trinajstić information content (AvgIpc) is 2.57. The maximum atomic E-state index is 5.23. The van der Waals surface area contributed by atoms with Gasteiger partial charge in [-0.05, 0) is 12.8 Å². The first-order valence-corrected chi connectivity index (χ1v) is 9.62. The van der Waals surface area contributed by atoms with Crippen molar-refractivity contribution in [3.63, 3.8) is 0 Å². The van der Waals surface area contributed by atoms with Gasteiger partial charge in [-0.25, -0.2) is 0 Å². The summed E-state index contributed by atoms with van der Waals surface area (Å²) >= 11 is 0. The van der Waals surface area contributed by atoms with Crippen LogP contribution in [0.3, 0.4) is 0 Å². The number of allylic oxidation sites excluding steroid dienone is 9. The van der Waals surface area contributed by atoms with E-state index < -0.39 is 0 Å². The number of unbranched alkanes of at least 4 members (excludes halogenated alkanes) is 11. The van der Waals surface area contributed by atoms with Gasteiger partial charge in [0.2, 0.25) is 0 Å². The van der Waals surface area contributed by atoms with Crippen molar-refractivity contribution in [2.24, 2.45) is 0 Å². The van der Waals surface area contributed by atoms with Gasteiger partial charge in [-0.15, -0.1) is 0 Å². The lowest BCUT2D eigenvalue weighted by Crippen LogP contribution is -1.81. The molecule has 0 fully saturated rings. The molecule has 0 aromatic heterocycles. The Morgan fingerprint density at radius 3 is 1.48 bits per heavy atom. The van der Waals surface area contributed by atoms with Crippen LogP contribution in [0.25, 0.3) is 0 Å². The Labute approximate surface area is 145 Å². The van der Waals surface area contributed by atoms with E-state index in [0.29, 0.717) is 0 Å². The summed E-state index contributed by atoms with van der Waals surface area (Å²) in [4.78, 5) is 0. The molecule has 23 heavy (non-hydrogen) atoms. The highest BCUT2D eigenvalue weighted by Gasteiger charge is 1.92. The van der Waals surface area contributed by atoms with Gasteiger partial charge < -0.3 is 0 Å². The highest BCUT2D eigenvalue weighted by Crippen LogP contribution is 2.11. The molecule has 0 rings (SSSR count). The summed E-state index contributed by atoms with van der Waals surface area (Å²) in [5.74, 6) is 0. The van der Waals surface area contributed by atoms with Crippen LogP contribution in [0.2, 0.25) is 0 Å². The molecule has 0 bridgehead atoms. The van der Waals surface area contributed by atoms with E-state index in [9.17, 15) is 0 Å². The lowest BCUT2D eigenvalue weighted by Gasteiger charge is -2.01. The molecule has 0 saturated carbocycles. The molecule has 129 valence electrons. The summed E-state index contributed by atoms with van der Waals surface area (Å²) in [6.07, 6.45) is 34.5. The van der Waals surface area contributed by atoms with E-state index in [0.717, 1.165) is 0 Å². The molecule has 0 amide bonds. The third kappa shape index (κ3) is 20.7. The molecule has 0 nitrogen and oxygen atoms in total. The largest absolute Gasteiger partial charge is 0.0845 e. The predicted molar refractivity (Wildman–Crippen MR) is 107 cm³/mol. The van der Waals surface area contributed by atoms with Crippen molar-refractivity contribution in [2.75, 3.05) is 0 Å². The second-order valence-corrected chi connectivity index (χ2v) is 6.10. The summed E-state index contributed by atoms with van der Waals surface area (Å²) in [7, 11) is 0. The van der Waals surface area contributed by atoms with E-state index >= 15 is 0 Å². The van der Waals surface area contributed by atoms with E-state index in [1.54, 1.807) is 0 Å². The molecule has 0 atom stereocenters. The summed E-state index contributed by atoms with van der Waals surface area (Å²) in [6.45, 7) is 7.51. The Kier molecular flexibility index (Phi) is 19.5. The fraction of sp³-hybridized carbons (Fsp3) is 0.565. The molecule has 0 heterocycles. The van der Waals surface area contributed by atoms with Gasteiger partial charge >= 0.3 is 0 Å². The Balaban J connectivity index is 3.24. The first kappa shape index (κ1) is 21.7. The molecule has 0 spiro atoms. The lowest BCUT2D eigenvalue weighted by atomic mass is 10.1. The first-order chi connectivity index (χ1) is 11.4. The zero-order valence-electron chi connectivity index (χ0n) is 15.3. The summed E-state index contributed by atoms with van der Waals surface area (Å²) in [6, 6.07) is 0.